The van der Waals surface area contributed by atoms with E-state index < -0.39 is 11.9 Å². The van der Waals surface area contributed by atoms with Crippen LogP contribution < -0.4 is 0 Å². The average Bonchev–Trinajstić information content (AvgIpc) is 2.13. The van der Waals surface area contributed by atoms with E-state index in [0.717, 1.165) is 0 Å². The Morgan fingerprint density at radius 3 is 1.86 bits per heavy atom. The second-order valence-corrected chi connectivity index (χ2v) is 2.69. The molecule has 0 atom stereocenters. The summed E-state index contributed by atoms with van der Waals surface area (Å²) in [6, 6.07) is 0. The molecule has 0 aliphatic heterocycles. The molecule has 14 heavy (non-hydrogen) atoms. The summed E-state index contributed by atoms with van der Waals surface area (Å²) in [5.74, 6) is -1.56. The van der Waals surface area contributed by atoms with E-state index in [1.807, 2.05) is 0 Å². The third-order valence-corrected chi connectivity index (χ3v) is 1.85. The summed E-state index contributed by atoms with van der Waals surface area (Å²) in [5.41, 5.74) is 0.410. The molecule has 4 nitrogen and oxygen atoms in total. The molecule has 0 fully saturated rings. The first-order valence-corrected chi connectivity index (χ1v) is 4.70. The van der Waals surface area contributed by atoms with E-state index >= 15 is 0 Å². The van der Waals surface area contributed by atoms with E-state index in [1.165, 1.54) is 0 Å². The fraction of sp³-hybridized carbons (Fsp3) is 0.600. The molecule has 0 saturated carbocycles. The summed E-state index contributed by atoms with van der Waals surface area (Å²) in [6.07, 6.45) is 0.714. The zero-order valence-corrected chi connectivity index (χ0v) is 8.79. The van der Waals surface area contributed by atoms with Crippen molar-refractivity contribution in [2.75, 3.05) is 6.61 Å². The van der Waals surface area contributed by atoms with Gasteiger partial charge in [0.15, 0.2) is 0 Å². The van der Waals surface area contributed by atoms with Crippen LogP contribution in [0.25, 0.3) is 0 Å². The molecular weight excluding hydrogens is 184 g/mol. The van der Waals surface area contributed by atoms with Gasteiger partial charge in [-0.05, 0) is 19.8 Å². The van der Waals surface area contributed by atoms with Crippen molar-refractivity contribution in [3.8, 4) is 0 Å². The lowest BCUT2D eigenvalue weighted by atomic mass is 10.0. The molecule has 0 saturated heterocycles. The van der Waals surface area contributed by atoms with Gasteiger partial charge in [-0.3, -0.25) is 0 Å². The molecule has 0 bridgehead atoms. The molecule has 0 radical (unpaired) electrons. The molecule has 0 spiro atoms. The fourth-order valence-corrected chi connectivity index (χ4v) is 1.19. The molecule has 0 amide bonds. The van der Waals surface area contributed by atoms with Gasteiger partial charge >= 0.3 is 11.9 Å². The molecule has 0 aromatic rings. The number of ether oxygens (including phenoxy) is 1. The summed E-state index contributed by atoms with van der Waals surface area (Å²) in [7, 11) is 0. The van der Waals surface area contributed by atoms with Crippen LogP contribution in [0.15, 0.2) is 11.1 Å². The molecule has 0 aliphatic carbocycles. The van der Waals surface area contributed by atoms with Crippen LogP contribution in [0.4, 0.5) is 0 Å². The number of rotatable bonds is 5. The van der Waals surface area contributed by atoms with Crippen molar-refractivity contribution in [2.24, 2.45) is 0 Å². The van der Waals surface area contributed by atoms with Crippen molar-refractivity contribution in [1.82, 2.24) is 0 Å². The maximum Gasteiger partial charge on any atom is 0.334 e. The van der Waals surface area contributed by atoms with Gasteiger partial charge in [-0.2, -0.15) is 0 Å². The maximum atomic E-state index is 11.3. The largest absolute Gasteiger partial charge is 0.478 e. The topological polar surface area (TPSA) is 63.6 Å². The van der Waals surface area contributed by atoms with Crippen LogP contribution in [0, 0.1) is 0 Å². The van der Waals surface area contributed by atoms with E-state index in [4.69, 9.17) is 9.84 Å². The van der Waals surface area contributed by atoms with Gasteiger partial charge in [-0.1, -0.05) is 13.8 Å². The first-order valence-electron chi connectivity index (χ1n) is 4.70. The lowest BCUT2D eigenvalue weighted by molar-refractivity contribution is -0.140. The minimum absolute atomic E-state index is 0.144. The van der Waals surface area contributed by atoms with Crippen molar-refractivity contribution >= 4 is 11.9 Å². The van der Waals surface area contributed by atoms with E-state index in [9.17, 15) is 9.59 Å². The van der Waals surface area contributed by atoms with Crippen LogP contribution >= 0.6 is 0 Å². The molecule has 4 heteroatoms. The zero-order chi connectivity index (χ0) is 11.1. The normalized spacial score (nSPS) is 11.9. The van der Waals surface area contributed by atoms with Gasteiger partial charge in [0.2, 0.25) is 0 Å². The molecule has 0 rings (SSSR count). The summed E-state index contributed by atoms with van der Waals surface area (Å²) < 4.78 is 4.77. The number of aliphatic carboxylic acids is 1. The van der Waals surface area contributed by atoms with E-state index in [-0.39, 0.29) is 17.8 Å². The van der Waals surface area contributed by atoms with Crippen molar-refractivity contribution < 1.29 is 19.4 Å². The van der Waals surface area contributed by atoms with Crippen molar-refractivity contribution in [3.63, 3.8) is 0 Å². The summed E-state index contributed by atoms with van der Waals surface area (Å²) in [5, 5.41) is 8.83. The van der Waals surface area contributed by atoms with Crippen molar-refractivity contribution in [2.45, 2.75) is 33.6 Å². The number of carboxylic acids is 1. The number of carbonyl (C=O) groups is 2. The number of esters is 1. The van der Waals surface area contributed by atoms with Gasteiger partial charge in [0.05, 0.1) is 6.61 Å². The van der Waals surface area contributed by atoms with Crippen molar-refractivity contribution in [3.05, 3.63) is 11.1 Å². The third kappa shape index (κ3) is 3.20. The van der Waals surface area contributed by atoms with Gasteiger partial charge in [0.25, 0.3) is 0 Å². The molecular formula is C10H16O4. The predicted molar refractivity (Wildman–Crippen MR) is 51.9 cm³/mol. The molecule has 0 heterocycles. The van der Waals surface area contributed by atoms with E-state index in [0.29, 0.717) is 12.8 Å². The molecule has 0 unspecified atom stereocenters. The smallest absolute Gasteiger partial charge is 0.334 e. The quantitative estimate of drug-likeness (QED) is 0.542. The number of hydrogen-bond donors (Lipinski definition) is 1. The average molecular weight is 200 g/mol. The SMILES string of the molecule is CCOC(=O)/C(CC)=C(\CC)C(=O)O. The Labute approximate surface area is 83.6 Å². The zero-order valence-electron chi connectivity index (χ0n) is 8.79. The highest BCUT2D eigenvalue weighted by Gasteiger charge is 2.18. The maximum absolute atomic E-state index is 11.3. The minimum Gasteiger partial charge on any atom is -0.478 e. The van der Waals surface area contributed by atoms with Crippen LogP contribution in [-0.2, 0) is 14.3 Å². The fourth-order valence-electron chi connectivity index (χ4n) is 1.19. The van der Waals surface area contributed by atoms with Crippen molar-refractivity contribution in [1.29, 1.82) is 0 Å². The Balaban J connectivity index is 4.97. The van der Waals surface area contributed by atoms with Crippen LogP contribution in [-0.4, -0.2) is 23.7 Å². The van der Waals surface area contributed by atoms with E-state index in [1.54, 1.807) is 20.8 Å². The Hall–Kier alpha value is -1.32. The lowest BCUT2D eigenvalue weighted by Crippen LogP contribution is -2.13. The predicted octanol–water partition coefficient (Wildman–Crippen LogP) is 1.75. The number of hydrogen-bond acceptors (Lipinski definition) is 3. The van der Waals surface area contributed by atoms with Gasteiger partial charge in [-0.25, -0.2) is 9.59 Å². The second-order valence-electron chi connectivity index (χ2n) is 2.69. The summed E-state index contributed by atoms with van der Waals surface area (Å²) in [6.45, 7) is 5.40. The third-order valence-electron chi connectivity index (χ3n) is 1.85. The lowest BCUT2D eigenvalue weighted by Gasteiger charge is -2.07. The standard InChI is InChI=1S/C10H16O4/c1-4-7(9(11)12)8(5-2)10(13)14-6-3/h4-6H2,1-3H3,(H,11,12)/b8-7+. The van der Waals surface area contributed by atoms with Gasteiger partial charge in [0, 0.05) is 11.1 Å². The Kier molecular flexibility index (Phi) is 5.60. The van der Waals surface area contributed by atoms with Gasteiger partial charge in [-0.15, -0.1) is 0 Å². The first-order chi connectivity index (χ1) is 6.58. The second kappa shape index (κ2) is 6.18. The first kappa shape index (κ1) is 12.7. The van der Waals surface area contributed by atoms with Crippen LogP contribution in [0.1, 0.15) is 33.6 Å². The van der Waals surface area contributed by atoms with Gasteiger partial charge in [0.1, 0.15) is 0 Å². The molecule has 1 N–H and O–H groups in total. The number of carbonyl (C=O) groups excluding carboxylic acids is 1. The van der Waals surface area contributed by atoms with Crippen LogP contribution in [0.2, 0.25) is 0 Å². The Morgan fingerprint density at radius 1 is 1.07 bits per heavy atom. The highest BCUT2D eigenvalue weighted by Crippen LogP contribution is 2.14. The number of carboxylic acid groups (broad SMARTS) is 1. The highest BCUT2D eigenvalue weighted by atomic mass is 16.5. The molecule has 0 aromatic heterocycles. The summed E-state index contributed by atoms with van der Waals surface area (Å²) in [4.78, 5) is 22.1. The highest BCUT2D eigenvalue weighted by molar-refractivity contribution is 5.99. The summed E-state index contributed by atoms with van der Waals surface area (Å²) >= 11 is 0. The Bertz CT molecular complexity index is 253. The Morgan fingerprint density at radius 2 is 1.57 bits per heavy atom. The van der Waals surface area contributed by atoms with Crippen LogP contribution in [0.3, 0.4) is 0 Å². The molecule has 80 valence electrons. The van der Waals surface area contributed by atoms with Gasteiger partial charge < -0.3 is 9.84 Å². The molecule has 0 aromatic carbocycles. The van der Waals surface area contributed by atoms with Crippen LogP contribution in [0.5, 0.6) is 0 Å². The minimum atomic E-state index is -1.04. The monoisotopic (exact) mass is 200 g/mol. The van der Waals surface area contributed by atoms with E-state index in [2.05, 4.69) is 0 Å². The molecule has 0 aliphatic rings.